The van der Waals surface area contributed by atoms with Gasteiger partial charge in [-0.3, -0.25) is 4.79 Å². The molecule has 1 unspecified atom stereocenters. The van der Waals surface area contributed by atoms with E-state index in [0.29, 0.717) is 6.04 Å². The van der Waals surface area contributed by atoms with Crippen LogP contribution in [0.2, 0.25) is 0 Å². The highest BCUT2D eigenvalue weighted by Crippen LogP contribution is 2.24. The van der Waals surface area contributed by atoms with Crippen LogP contribution in [0.25, 0.3) is 0 Å². The van der Waals surface area contributed by atoms with Crippen LogP contribution in [0.5, 0.6) is 0 Å². The quantitative estimate of drug-likeness (QED) is 0.902. The average molecular weight is 289 g/mol. The van der Waals surface area contributed by atoms with E-state index in [1.807, 2.05) is 19.2 Å². The summed E-state index contributed by atoms with van der Waals surface area (Å²) in [5.41, 5.74) is 1.74. The normalized spacial score (nSPS) is 18.6. The third-order valence-corrected chi connectivity index (χ3v) is 4.25. The number of nitrogens with one attached hydrogen (secondary N) is 1. The molecule has 2 rings (SSSR count). The summed E-state index contributed by atoms with van der Waals surface area (Å²) in [6.45, 7) is 5.15. The van der Waals surface area contributed by atoms with E-state index in [1.54, 1.807) is 0 Å². The second-order valence-corrected chi connectivity index (χ2v) is 5.77. The maximum Gasteiger partial charge on any atom is 0.254 e. The van der Waals surface area contributed by atoms with Gasteiger partial charge in [0.2, 0.25) is 0 Å². The zero-order chi connectivity index (χ0) is 15.2. The van der Waals surface area contributed by atoms with E-state index in [0.717, 1.165) is 55.7 Å². The molecule has 1 saturated heterocycles. The predicted octanol–water partition coefficient (Wildman–Crippen LogP) is 3.48. The molecule has 0 saturated carbocycles. The van der Waals surface area contributed by atoms with Gasteiger partial charge in [-0.25, -0.2) is 4.98 Å². The van der Waals surface area contributed by atoms with E-state index in [4.69, 9.17) is 0 Å². The number of amides is 1. The number of pyridine rings is 1. The Morgan fingerprint density at radius 1 is 1.38 bits per heavy atom. The molecule has 21 heavy (non-hydrogen) atoms. The van der Waals surface area contributed by atoms with Crippen LogP contribution in [-0.2, 0) is 6.42 Å². The molecule has 1 aliphatic heterocycles. The van der Waals surface area contributed by atoms with Gasteiger partial charge in [-0.2, -0.15) is 0 Å². The van der Waals surface area contributed by atoms with Crippen molar-refractivity contribution in [3.05, 3.63) is 23.4 Å². The maximum absolute atomic E-state index is 12.9. The molecule has 116 valence electrons. The minimum absolute atomic E-state index is 0.168. The Morgan fingerprint density at radius 2 is 2.19 bits per heavy atom. The van der Waals surface area contributed by atoms with E-state index < -0.39 is 0 Å². The van der Waals surface area contributed by atoms with Crippen molar-refractivity contribution in [1.82, 2.24) is 9.88 Å². The van der Waals surface area contributed by atoms with Gasteiger partial charge in [0.05, 0.1) is 0 Å². The van der Waals surface area contributed by atoms with Crippen LogP contribution in [0.15, 0.2) is 12.1 Å². The van der Waals surface area contributed by atoms with Crippen molar-refractivity contribution in [2.75, 3.05) is 18.9 Å². The number of carbonyl (C=O) groups is 1. The SMILES string of the molecule is CCCC1CCCCN1C(=O)c1cc(CC)nc(NC)c1. The number of anilines is 1. The average Bonchev–Trinajstić information content (AvgIpc) is 2.54. The molecule has 0 aromatic carbocycles. The molecule has 1 atom stereocenters. The van der Waals surface area contributed by atoms with Crippen LogP contribution in [0.3, 0.4) is 0 Å². The first-order valence-corrected chi connectivity index (χ1v) is 8.19. The number of nitrogens with zero attached hydrogens (tertiary/aromatic N) is 2. The third kappa shape index (κ3) is 3.74. The van der Waals surface area contributed by atoms with Crippen LogP contribution in [0, 0.1) is 0 Å². The monoisotopic (exact) mass is 289 g/mol. The number of hydrogen-bond donors (Lipinski definition) is 1. The second-order valence-electron chi connectivity index (χ2n) is 5.77. The Morgan fingerprint density at radius 3 is 2.86 bits per heavy atom. The van der Waals surface area contributed by atoms with E-state index in [1.165, 1.54) is 6.42 Å². The zero-order valence-electron chi connectivity index (χ0n) is 13.5. The summed E-state index contributed by atoms with van der Waals surface area (Å²) in [4.78, 5) is 19.4. The Bertz CT molecular complexity index is 463. The van der Waals surface area contributed by atoms with Crippen LogP contribution in [0.4, 0.5) is 5.82 Å². The molecule has 4 heteroatoms. The number of carbonyl (C=O) groups excluding carboxylic acids is 1. The lowest BCUT2D eigenvalue weighted by Crippen LogP contribution is -2.43. The van der Waals surface area contributed by atoms with Crippen LogP contribution < -0.4 is 5.32 Å². The molecule has 0 spiro atoms. The summed E-state index contributed by atoms with van der Waals surface area (Å²) in [7, 11) is 1.84. The van der Waals surface area contributed by atoms with Gasteiger partial charge in [-0.1, -0.05) is 20.3 Å². The van der Waals surface area contributed by atoms with Crippen molar-refractivity contribution in [3.8, 4) is 0 Å². The smallest absolute Gasteiger partial charge is 0.254 e. The minimum Gasteiger partial charge on any atom is -0.373 e. The molecular weight excluding hydrogens is 262 g/mol. The fraction of sp³-hybridized carbons (Fsp3) is 0.647. The van der Waals surface area contributed by atoms with Gasteiger partial charge in [-0.15, -0.1) is 0 Å². The third-order valence-electron chi connectivity index (χ3n) is 4.25. The molecule has 1 aromatic heterocycles. The van der Waals surface area contributed by atoms with Gasteiger partial charge >= 0.3 is 0 Å². The van der Waals surface area contributed by atoms with Gasteiger partial charge in [0, 0.05) is 30.9 Å². The van der Waals surface area contributed by atoms with Gasteiger partial charge in [0.15, 0.2) is 0 Å². The second kappa shape index (κ2) is 7.43. The van der Waals surface area contributed by atoms with E-state index in [9.17, 15) is 4.79 Å². The van der Waals surface area contributed by atoms with Gasteiger partial charge < -0.3 is 10.2 Å². The highest BCUT2D eigenvalue weighted by molar-refractivity contribution is 5.95. The van der Waals surface area contributed by atoms with E-state index in [2.05, 4.69) is 29.0 Å². The molecule has 0 bridgehead atoms. The maximum atomic E-state index is 12.9. The fourth-order valence-electron chi connectivity index (χ4n) is 3.09. The van der Waals surface area contributed by atoms with Crippen molar-refractivity contribution >= 4 is 11.7 Å². The molecule has 1 N–H and O–H groups in total. The predicted molar refractivity (Wildman–Crippen MR) is 86.7 cm³/mol. The van der Waals surface area contributed by atoms with Crippen LogP contribution in [-0.4, -0.2) is 35.4 Å². The van der Waals surface area contributed by atoms with Crippen molar-refractivity contribution in [2.45, 2.75) is 58.4 Å². The standard InChI is InChI=1S/C17H27N3O/c1-4-8-15-9-6-7-10-20(15)17(21)13-11-14(5-2)19-16(12-13)18-3/h11-12,15H,4-10H2,1-3H3,(H,18,19). The Balaban J connectivity index is 2.24. The summed E-state index contributed by atoms with van der Waals surface area (Å²) in [6.07, 6.45) is 6.59. The molecule has 1 amide bonds. The largest absolute Gasteiger partial charge is 0.373 e. The Kier molecular flexibility index (Phi) is 5.59. The number of hydrogen-bond acceptors (Lipinski definition) is 3. The lowest BCUT2D eigenvalue weighted by Gasteiger charge is -2.36. The van der Waals surface area contributed by atoms with Crippen LogP contribution in [0.1, 0.15) is 62.0 Å². The topological polar surface area (TPSA) is 45.2 Å². The molecule has 1 aliphatic rings. The first-order chi connectivity index (χ1) is 10.2. The molecular formula is C17H27N3O. The van der Waals surface area contributed by atoms with Gasteiger partial charge in [0.1, 0.15) is 5.82 Å². The Labute approximate surface area is 127 Å². The molecule has 4 nitrogen and oxygen atoms in total. The summed E-state index contributed by atoms with van der Waals surface area (Å²) in [5, 5.41) is 3.05. The van der Waals surface area contributed by atoms with Crippen molar-refractivity contribution in [2.24, 2.45) is 0 Å². The molecule has 1 fully saturated rings. The fourth-order valence-corrected chi connectivity index (χ4v) is 3.09. The number of piperidine rings is 1. The molecule has 0 aliphatic carbocycles. The summed E-state index contributed by atoms with van der Waals surface area (Å²) in [5.74, 6) is 0.948. The molecule has 1 aromatic rings. The Hall–Kier alpha value is -1.58. The number of likely N-dealkylation sites (tertiary alicyclic amines) is 1. The first-order valence-electron chi connectivity index (χ1n) is 8.19. The minimum atomic E-state index is 0.168. The molecule has 2 heterocycles. The highest BCUT2D eigenvalue weighted by atomic mass is 16.2. The zero-order valence-corrected chi connectivity index (χ0v) is 13.5. The van der Waals surface area contributed by atoms with Crippen molar-refractivity contribution in [3.63, 3.8) is 0 Å². The van der Waals surface area contributed by atoms with Gasteiger partial charge in [-0.05, 0) is 44.2 Å². The highest BCUT2D eigenvalue weighted by Gasteiger charge is 2.27. The van der Waals surface area contributed by atoms with E-state index >= 15 is 0 Å². The van der Waals surface area contributed by atoms with Crippen molar-refractivity contribution in [1.29, 1.82) is 0 Å². The summed E-state index contributed by atoms with van der Waals surface area (Å²) in [6, 6.07) is 4.23. The lowest BCUT2D eigenvalue weighted by molar-refractivity contribution is 0.0600. The molecule has 0 radical (unpaired) electrons. The number of rotatable bonds is 5. The first kappa shape index (κ1) is 15.8. The number of aromatic nitrogens is 1. The van der Waals surface area contributed by atoms with E-state index in [-0.39, 0.29) is 5.91 Å². The number of aryl methyl sites for hydroxylation is 1. The van der Waals surface area contributed by atoms with Gasteiger partial charge in [0.25, 0.3) is 5.91 Å². The summed E-state index contributed by atoms with van der Waals surface area (Å²) >= 11 is 0. The lowest BCUT2D eigenvalue weighted by atomic mass is 9.97. The van der Waals surface area contributed by atoms with Crippen molar-refractivity contribution < 1.29 is 4.79 Å². The summed E-state index contributed by atoms with van der Waals surface area (Å²) < 4.78 is 0. The van der Waals surface area contributed by atoms with Crippen LogP contribution >= 0.6 is 0 Å².